The van der Waals surface area contributed by atoms with Gasteiger partial charge < -0.3 is 9.84 Å². The zero-order chi connectivity index (χ0) is 35.4. The Kier molecular flexibility index (Phi) is 8.60. The van der Waals surface area contributed by atoms with E-state index in [2.05, 4.69) is 15.0 Å². The Morgan fingerprint density at radius 2 is 1.82 bits per heavy atom. The number of carboxylic acids is 1. The molecule has 0 aliphatic heterocycles. The van der Waals surface area contributed by atoms with Gasteiger partial charge in [0, 0.05) is 44.0 Å². The third-order valence-corrected chi connectivity index (χ3v) is 9.04. The average molecular weight is 708 g/mol. The number of fused-ring (bicyclic) bond motifs is 2. The minimum atomic E-state index is -5.01. The predicted molar refractivity (Wildman–Crippen MR) is 176 cm³/mol. The van der Waals surface area contributed by atoms with Crippen LogP contribution in [0.25, 0.3) is 43.4 Å². The van der Waals surface area contributed by atoms with E-state index in [0.717, 1.165) is 16.8 Å². The number of halogens is 5. The Labute approximate surface area is 283 Å². The third-order valence-electron chi connectivity index (χ3n) is 7.80. The van der Waals surface area contributed by atoms with Crippen molar-refractivity contribution in [3.63, 3.8) is 0 Å². The minimum absolute atomic E-state index is 0.0529. The summed E-state index contributed by atoms with van der Waals surface area (Å²) in [4.78, 5) is 38.1. The molecule has 4 heterocycles. The Morgan fingerprint density at radius 1 is 1.08 bits per heavy atom. The summed E-state index contributed by atoms with van der Waals surface area (Å²) in [7, 11) is 0. The quantitative estimate of drug-likeness (QED) is 0.165. The first-order valence-electron chi connectivity index (χ1n) is 14.4. The maximum absolute atomic E-state index is 14.9. The Balaban J connectivity index is 1.43. The van der Waals surface area contributed by atoms with E-state index >= 15 is 0 Å². The number of hydrogen-bond acceptors (Lipinski definition) is 8. The van der Waals surface area contributed by atoms with Gasteiger partial charge in [0.1, 0.15) is 30.1 Å². The standard InChI is InChI=1S/C34H22ClF4N5O4S/c1-15-8-21(25(36)13-41-15)28-22(12-40)29-26(11-24(28)34(37,38)39)43-17(3)44(32(29)45)6-7-48-27-5-4-18(35)10-19(27)20-9-16(2)42-30-23(33(46)47)14-49-31(20)30/h4-5,8-11,13-14H,6-7H2,1-3H3,(H,46,47). The molecule has 0 amide bonds. The molecule has 0 atom stereocenters. The van der Waals surface area contributed by atoms with Gasteiger partial charge in [-0.25, -0.2) is 14.2 Å². The number of aryl methyl sites for hydroxylation is 3. The molecule has 0 bridgehead atoms. The van der Waals surface area contributed by atoms with Gasteiger partial charge in [-0.1, -0.05) is 11.6 Å². The van der Waals surface area contributed by atoms with Gasteiger partial charge in [0.2, 0.25) is 0 Å². The lowest BCUT2D eigenvalue weighted by atomic mass is 9.91. The molecule has 0 saturated carbocycles. The normalized spacial score (nSPS) is 11.7. The smallest absolute Gasteiger partial charge is 0.417 e. The van der Waals surface area contributed by atoms with E-state index in [-0.39, 0.29) is 35.8 Å². The molecule has 6 rings (SSSR count). The number of nitrogens with zero attached hydrogens (tertiary/aromatic N) is 5. The third kappa shape index (κ3) is 6.07. The maximum atomic E-state index is 14.9. The Bertz CT molecular complexity index is 2450. The van der Waals surface area contributed by atoms with Crippen LogP contribution in [0, 0.1) is 37.9 Å². The number of aromatic nitrogens is 4. The van der Waals surface area contributed by atoms with Crippen LogP contribution in [-0.4, -0.2) is 37.2 Å². The second-order valence-electron chi connectivity index (χ2n) is 11.0. The number of alkyl halides is 3. The van der Waals surface area contributed by atoms with Crippen molar-refractivity contribution >= 4 is 50.0 Å². The number of nitriles is 1. The first kappa shape index (κ1) is 33.5. The molecule has 49 heavy (non-hydrogen) atoms. The van der Waals surface area contributed by atoms with Crippen LogP contribution in [-0.2, 0) is 12.7 Å². The van der Waals surface area contributed by atoms with E-state index < -0.39 is 51.2 Å². The largest absolute Gasteiger partial charge is 0.491 e. The van der Waals surface area contributed by atoms with Gasteiger partial charge in [-0.15, -0.1) is 11.3 Å². The van der Waals surface area contributed by atoms with Crippen LogP contribution in [0.5, 0.6) is 5.75 Å². The van der Waals surface area contributed by atoms with Crippen LogP contribution < -0.4 is 10.3 Å². The molecule has 2 aromatic carbocycles. The fourth-order valence-corrected chi connectivity index (χ4v) is 6.86. The zero-order valence-corrected chi connectivity index (χ0v) is 27.3. The van der Waals surface area contributed by atoms with Crippen molar-refractivity contribution in [2.24, 2.45) is 0 Å². The number of ether oxygens (including phenoxy) is 1. The van der Waals surface area contributed by atoms with Gasteiger partial charge in [0.25, 0.3) is 5.56 Å². The summed E-state index contributed by atoms with van der Waals surface area (Å²) in [5.74, 6) is -1.81. The van der Waals surface area contributed by atoms with Crippen molar-refractivity contribution in [3.8, 4) is 34.1 Å². The zero-order valence-electron chi connectivity index (χ0n) is 25.7. The molecule has 0 spiro atoms. The highest BCUT2D eigenvalue weighted by atomic mass is 35.5. The van der Waals surface area contributed by atoms with Gasteiger partial charge in [-0.2, -0.15) is 18.4 Å². The van der Waals surface area contributed by atoms with Crippen LogP contribution in [0.15, 0.2) is 52.8 Å². The lowest BCUT2D eigenvalue weighted by Crippen LogP contribution is -2.27. The van der Waals surface area contributed by atoms with Crippen molar-refractivity contribution in [2.45, 2.75) is 33.5 Å². The van der Waals surface area contributed by atoms with Crippen molar-refractivity contribution in [3.05, 3.63) is 103 Å². The maximum Gasteiger partial charge on any atom is 0.417 e. The molecule has 9 nitrogen and oxygen atoms in total. The summed E-state index contributed by atoms with van der Waals surface area (Å²) >= 11 is 7.54. The fraction of sp³-hybridized carbons (Fsp3) is 0.176. The summed E-state index contributed by atoms with van der Waals surface area (Å²) in [5, 5.41) is 21.2. The number of rotatable bonds is 7. The highest BCUT2D eigenvalue weighted by Gasteiger charge is 2.37. The molecule has 0 radical (unpaired) electrons. The van der Waals surface area contributed by atoms with Crippen molar-refractivity contribution in [1.82, 2.24) is 19.5 Å². The summed E-state index contributed by atoms with van der Waals surface area (Å²) in [6, 6.07) is 10.1. The van der Waals surface area contributed by atoms with E-state index in [1.54, 1.807) is 37.3 Å². The Morgan fingerprint density at radius 3 is 2.51 bits per heavy atom. The molecular formula is C34H22ClF4N5O4S. The van der Waals surface area contributed by atoms with Crippen LogP contribution in [0.4, 0.5) is 17.6 Å². The van der Waals surface area contributed by atoms with Gasteiger partial charge >= 0.3 is 12.1 Å². The van der Waals surface area contributed by atoms with Crippen LogP contribution in [0.1, 0.15) is 38.7 Å². The number of benzene rings is 2. The highest BCUT2D eigenvalue weighted by molar-refractivity contribution is 7.18. The number of thiophene rings is 1. The molecule has 0 saturated heterocycles. The summed E-state index contributed by atoms with van der Waals surface area (Å²) in [6.07, 6.45) is -4.25. The van der Waals surface area contributed by atoms with Crippen molar-refractivity contribution in [1.29, 1.82) is 5.26 Å². The molecule has 6 aromatic rings. The molecule has 4 aromatic heterocycles. The van der Waals surface area contributed by atoms with E-state index in [1.165, 1.54) is 30.6 Å². The molecule has 0 unspecified atom stereocenters. The fourth-order valence-electron chi connectivity index (χ4n) is 5.68. The van der Waals surface area contributed by atoms with Gasteiger partial charge in [-0.3, -0.25) is 19.3 Å². The van der Waals surface area contributed by atoms with Crippen molar-refractivity contribution < 1.29 is 32.2 Å². The second-order valence-corrected chi connectivity index (χ2v) is 12.3. The molecule has 15 heteroatoms. The highest BCUT2D eigenvalue weighted by Crippen LogP contribution is 2.43. The SMILES string of the molecule is Cc1cc(-c2c(C(F)(F)F)cc3nc(C)n(CCOc4ccc(Cl)cc4-c4cc(C)nc5c(C(=O)O)csc45)c(=O)c3c2C#N)c(F)cn1. The van der Waals surface area contributed by atoms with E-state index in [0.29, 0.717) is 43.9 Å². The van der Waals surface area contributed by atoms with E-state index in [4.69, 9.17) is 16.3 Å². The topological polar surface area (TPSA) is 131 Å². The average Bonchev–Trinajstić information content (AvgIpc) is 3.47. The minimum Gasteiger partial charge on any atom is -0.491 e. The molecule has 248 valence electrons. The van der Waals surface area contributed by atoms with E-state index in [1.807, 2.05) is 0 Å². The number of carboxylic acid groups (broad SMARTS) is 1. The number of aromatic carboxylic acids is 1. The molecule has 1 N–H and O–H groups in total. The predicted octanol–water partition coefficient (Wildman–Crippen LogP) is 8.12. The second kappa shape index (κ2) is 12.6. The number of hydrogen-bond donors (Lipinski definition) is 1. The molecule has 0 aliphatic carbocycles. The monoisotopic (exact) mass is 707 g/mol. The lowest BCUT2D eigenvalue weighted by molar-refractivity contribution is -0.137. The molecule has 0 fully saturated rings. The first-order chi connectivity index (χ1) is 23.2. The summed E-state index contributed by atoms with van der Waals surface area (Å²) in [6.45, 7) is 4.35. The van der Waals surface area contributed by atoms with Crippen LogP contribution in [0.2, 0.25) is 5.02 Å². The molecular weight excluding hydrogens is 686 g/mol. The van der Waals surface area contributed by atoms with E-state index in [9.17, 15) is 37.5 Å². The van der Waals surface area contributed by atoms with Crippen LogP contribution >= 0.6 is 22.9 Å². The summed E-state index contributed by atoms with van der Waals surface area (Å²) in [5.41, 5.74) is -2.18. The van der Waals surface area contributed by atoms with Crippen LogP contribution in [0.3, 0.4) is 0 Å². The number of pyridine rings is 2. The van der Waals surface area contributed by atoms with Gasteiger partial charge in [-0.05, 0) is 57.2 Å². The first-order valence-corrected chi connectivity index (χ1v) is 15.7. The lowest BCUT2D eigenvalue weighted by Gasteiger charge is -2.19. The van der Waals surface area contributed by atoms with Gasteiger partial charge in [0.15, 0.2) is 0 Å². The van der Waals surface area contributed by atoms with Crippen molar-refractivity contribution in [2.75, 3.05) is 6.61 Å². The molecule has 0 aliphatic rings. The van der Waals surface area contributed by atoms with Gasteiger partial charge in [0.05, 0.1) is 50.6 Å². The summed E-state index contributed by atoms with van der Waals surface area (Å²) < 4.78 is 65.8. The Hall–Kier alpha value is -5.39. The number of carbonyl (C=O) groups is 1.